The van der Waals surface area contributed by atoms with Crippen molar-refractivity contribution in [2.24, 2.45) is 12.0 Å². The lowest BCUT2D eigenvalue weighted by atomic mass is 10.2. The van der Waals surface area contributed by atoms with Crippen molar-refractivity contribution < 1.29 is 14.1 Å². The highest BCUT2D eigenvalue weighted by Gasteiger charge is 2.16. The van der Waals surface area contributed by atoms with Crippen LogP contribution in [-0.4, -0.2) is 21.4 Å². The average Bonchev–Trinajstić information content (AvgIpc) is 3.22. The number of hydrogen-bond donors (Lipinski definition) is 1. The third-order valence-corrected chi connectivity index (χ3v) is 5.39. The van der Waals surface area contributed by atoms with Gasteiger partial charge < -0.3 is 9.88 Å². The highest BCUT2D eigenvalue weighted by Crippen LogP contribution is 2.22. The molecule has 7 nitrogen and oxygen atoms in total. The molecular formula is C17H19FN4O3S. The van der Waals surface area contributed by atoms with Crippen LogP contribution >= 0.6 is 11.3 Å². The van der Waals surface area contributed by atoms with E-state index in [1.54, 1.807) is 0 Å². The lowest BCUT2D eigenvalue weighted by Crippen LogP contribution is -2.21. The van der Waals surface area contributed by atoms with Crippen LogP contribution in [0.25, 0.3) is 0 Å². The van der Waals surface area contributed by atoms with Crippen molar-refractivity contribution in [2.75, 3.05) is 5.32 Å². The molecule has 1 amide bonds. The summed E-state index contributed by atoms with van der Waals surface area (Å²) in [7, 11) is 1.85. The third kappa shape index (κ3) is 4.16. The quantitative estimate of drug-likeness (QED) is 0.640. The Morgan fingerprint density at radius 1 is 1.46 bits per heavy atom. The monoisotopic (exact) mass is 378 g/mol. The predicted octanol–water partition coefficient (Wildman–Crippen LogP) is 3.16. The molecule has 1 fully saturated rings. The number of non-ortho nitro benzene ring substituents is 1. The van der Waals surface area contributed by atoms with Gasteiger partial charge in [-0.05, 0) is 18.9 Å². The molecule has 0 atom stereocenters. The fourth-order valence-corrected chi connectivity index (χ4v) is 3.92. The molecule has 0 radical (unpaired) electrons. The van der Waals surface area contributed by atoms with Crippen LogP contribution in [0.2, 0.25) is 0 Å². The van der Waals surface area contributed by atoms with Gasteiger partial charge in [-0.2, -0.15) is 0 Å². The lowest BCUT2D eigenvalue weighted by molar-refractivity contribution is -0.384. The van der Waals surface area contributed by atoms with Crippen molar-refractivity contribution >= 4 is 28.6 Å². The molecule has 0 unspecified atom stereocenters. The van der Waals surface area contributed by atoms with E-state index >= 15 is 0 Å². The van der Waals surface area contributed by atoms with E-state index in [4.69, 9.17) is 4.99 Å². The van der Waals surface area contributed by atoms with Gasteiger partial charge in [0.15, 0.2) is 4.80 Å². The summed E-state index contributed by atoms with van der Waals surface area (Å²) in [6.07, 6.45) is 4.63. The Kier molecular flexibility index (Phi) is 5.46. The minimum absolute atomic E-state index is 0.0370. The number of halogens is 1. The Morgan fingerprint density at radius 3 is 2.88 bits per heavy atom. The van der Waals surface area contributed by atoms with E-state index in [-0.39, 0.29) is 17.8 Å². The smallest absolute Gasteiger partial charge is 0.271 e. The molecule has 3 rings (SSSR count). The minimum Gasteiger partial charge on any atom is -0.324 e. The molecule has 138 valence electrons. The number of thiazole rings is 1. The van der Waals surface area contributed by atoms with Crippen molar-refractivity contribution in [3.8, 4) is 0 Å². The molecule has 9 heteroatoms. The Bertz CT molecular complexity index is 900. The molecule has 1 N–H and O–H groups in total. The minimum atomic E-state index is -0.712. The standard InChI is InChI=1S/C17H19FN4O3S/c1-21-13(10-26-17(21)19-11-4-2-3-5-11)9-16(23)20-15-8-12(22(24)25)6-7-14(15)18/h6-8,10-11H,2-5,9H2,1H3,(H,20,23). The number of aromatic nitrogens is 1. The lowest BCUT2D eigenvalue weighted by Gasteiger charge is -2.07. The molecule has 0 bridgehead atoms. The molecular weight excluding hydrogens is 359 g/mol. The number of hydrogen-bond acceptors (Lipinski definition) is 5. The fourth-order valence-electron chi connectivity index (χ4n) is 2.95. The van der Waals surface area contributed by atoms with Gasteiger partial charge in [-0.3, -0.25) is 19.9 Å². The second-order valence-electron chi connectivity index (χ2n) is 6.28. The second-order valence-corrected chi connectivity index (χ2v) is 7.12. The summed E-state index contributed by atoms with van der Waals surface area (Å²) >= 11 is 1.47. The van der Waals surface area contributed by atoms with Crippen molar-refractivity contribution in [3.05, 3.63) is 50.0 Å². The summed E-state index contributed by atoms with van der Waals surface area (Å²) in [5, 5.41) is 15.1. The van der Waals surface area contributed by atoms with Crippen LogP contribution in [0.3, 0.4) is 0 Å². The molecule has 0 aliphatic heterocycles. The molecule has 26 heavy (non-hydrogen) atoms. The predicted molar refractivity (Wildman–Crippen MR) is 96.5 cm³/mol. The van der Waals surface area contributed by atoms with Gasteiger partial charge in [-0.25, -0.2) is 4.39 Å². The zero-order valence-corrected chi connectivity index (χ0v) is 15.1. The van der Waals surface area contributed by atoms with E-state index in [0.29, 0.717) is 6.04 Å². The topological polar surface area (TPSA) is 89.5 Å². The van der Waals surface area contributed by atoms with Gasteiger partial charge in [-0.1, -0.05) is 12.8 Å². The Balaban J connectivity index is 1.72. The zero-order valence-electron chi connectivity index (χ0n) is 14.3. The van der Waals surface area contributed by atoms with Crippen LogP contribution in [-0.2, 0) is 18.3 Å². The molecule has 1 aromatic carbocycles. The maximum Gasteiger partial charge on any atom is 0.271 e. The second kappa shape index (κ2) is 7.77. The molecule has 0 saturated heterocycles. The molecule has 1 aliphatic rings. The summed E-state index contributed by atoms with van der Waals surface area (Å²) in [5.74, 6) is -1.15. The SMILES string of the molecule is Cn1c(CC(=O)Nc2cc([N+](=O)[O-])ccc2F)csc1=NC1CCCC1. The zero-order chi connectivity index (χ0) is 18.7. The number of carbonyl (C=O) groups is 1. The average molecular weight is 378 g/mol. The maximum atomic E-state index is 13.8. The van der Waals surface area contributed by atoms with Crippen LogP contribution in [0.5, 0.6) is 0 Å². The first-order valence-corrected chi connectivity index (χ1v) is 9.23. The van der Waals surface area contributed by atoms with Crippen molar-refractivity contribution in [3.63, 3.8) is 0 Å². The number of amides is 1. The summed E-state index contributed by atoms with van der Waals surface area (Å²) in [4.78, 5) is 28.0. The summed E-state index contributed by atoms with van der Waals surface area (Å²) in [6, 6.07) is 3.39. The van der Waals surface area contributed by atoms with Gasteiger partial charge >= 0.3 is 0 Å². The van der Waals surface area contributed by atoms with Gasteiger partial charge in [0.1, 0.15) is 5.82 Å². The third-order valence-electron chi connectivity index (χ3n) is 4.41. The maximum absolute atomic E-state index is 13.8. The van der Waals surface area contributed by atoms with E-state index in [0.717, 1.165) is 41.5 Å². The first-order valence-electron chi connectivity index (χ1n) is 8.35. The highest BCUT2D eigenvalue weighted by atomic mass is 32.1. The Hall–Kier alpha value is -2.55. The van der Waals surface area contributed by atoms with Gasteiger partial charge in [-0.15, -0.1) is 11.3 Å². The number of benzene rings is 1. The van der Waals surface area contributed by atoms with Crippen LogP contribution in [0.1, 0.15) is 31.4 Å². The summed E-state index contributed by atoms with van der Waals surface area (Å²) < 4.78 is 15.7. The summed E-state index contributed by atoms with van der Waals surface area (Å²) in [5.41, 5.74) is 0.286. The van der Waals surface area contributed by atoms with Crippen LogP contribution < -0.4 is 10.1 Å². The molecule has 1 aliphatic carbocycles. The highest BCUT2D eigenvalue weighted by molar-refractivity contribution is 7.07. The number of nitrogens with one attached hydrogen (secondary N) is 1. The molecule has 1 heterocycles. The van der Waals surface area contributed by atoms with Crippen LogP contribution in [0, 0.1) is 15.9 Å². The normalized spacial score (nSPS) is 15.4. The number of rotatable bonds is 5. The fraction of sp³-hybridized carbons (Fsp3) is 0.412. The number of nitro groups is 1. The first kappa shape index (κ1) is 18.2. The van der Waals surface area contributed by atoms with E-state index in [9.17, 15) is 19.3 Å². The summed E-state index contributed by atoms with van der Waals surface area (Å²) in [6.45, 7) is 0. The van der Waals surface area contributed by atoms with Crippen LogP contribution in [0.4, 0.5) is 15.8 Å². The van der Waals surface area contributed by atoms with Crippen molar-refractivity contribution in [1.82, 2.24) is 4.57 Å². The van der Waals surface area contributed by atoms with Crippen LogP contribution in [0.15, 0.2) is 28.6 Å². The van der Waals surface area contributed by atoms with Gasteiger partial charge in [0.05, 0.1) is 23.1 Å². The van der Waals surface area contributed by atoms with Gasteiger partial charge in [0.2, 0.25) is 5.91 Å². The van der Waals surface area contributed by atoms with E-state index < -0.39 is 16.6 Å². The van der Waals surface area contributed by atoms with Crippen molar-refractivity contribution in [1.29, 1.82) is 0 Å². The number of nitrogens with zero attached hydrogens (tertiary/aromatic N) is 3. The van der Waals surface area contributed by atoms with Gasteiger partial charge in [0.25, 0.3) is 5.69 Å². The molecule has 1 saturated carbocycles. The van der Waals surface area contributed by atoms with E-state index in [2.05, 4.69) is 5.32 Å². The first-order chi connectivity index (χ1) is 12.4. The number of anilines is 1. The number of nitro benzene ring substituents is 1. The molecule has 1 aromatic heterocycles. The number of carbonyl (C=O) groups excluding carboxylic acids is 1. The Morgan fingerprint density at radius 2 is 2.19 bits per heavy atom. The van der Waals surface area contributed by atoms with Crippen molar-refractivity contribution in [2.45, 2.75) is 38.1 Å². The van der Waals surface area contributed by atoms with E-state index in [1.165, 1.54) is 24.2 Å². The Labute approximate surface area is 153 Å². The van der Waals surface area contributed by atoms with E-state index in [1.807, 2.05) is 17.0 Å². The molecule has 2 aromatic rings. The molecule has 0 spiro atoms. The van der Waals surface area contributed by atoms with Gasteiger partial charge in [0, 0.05) is 30.3 Å². The largest absolute Gasteiger partial charge is 0.324 e.